The van der Waals surface area contributed by atoms with Gasteiger partial charge in [0.1, 0.15) is 0 Å². The Hall–Kier alpha value is -0.636. The fraction of sp³-hybridized carbons (Fsp3) is 0.429. The predicted octanol–water partition coefficient (Wildman–Crippen LogP) is 4.53. The third-order valence-corrected chi connectivity index (χ3v) is 20.5. The van der Waals surface area contributed by atoms with Crippen LogP contribution in [0, 0.1) is 0 Å². The Labute approximate surface area is 189 Å². The average Bonchev–Trinajstić information content (AvgIpc) is 2.58. The van der Waals surface area contributed by atoms with E-state index in [-0.39, 0.29) is 0 Å². The maximum Gasteiger partial charge on any atom is 0.387 e. The third kappa shape index (κ3) is 7.81. The van der Waals surface area contributed by atoms with E-state index in [9.17, 15) is 0 Å². The lowest BCUT2D eigenvalue weighted by atomic mass is 10.4. The molecule has 0 radical (unpaired) electrons. The summed E-state index contributed by atoms with van der Waals surface area (Å²) in [5.41, 5.74) is 0. The molecule has 30 heavy (non-hydrogen) atoms. The van der Waals surface area contributed by atoms with Gasteiger partial charge >= 0.3 is 26.4 Å². The molecule has 2 rings (SSSR count). The smallest absolute Gasteiger partial charge is 0.387 e. The van der Waals surface area contributed by atoms with Gasteiger partial charge < -0.3 is 16.5 Å². The molecule has 0 saturated carbocycles. The summed E-state index contributed by atoms with van der Waals surface area (Å²) in [5.74, 6) is 0. The summed E-state index contributed by atoms with van der Waals surface area (Å²) >= 11 is 0. The van der Waals surface area contributed by atoms with Gasteiger partial charge in [-0.1, -0.05) is 60.7 Å². The number of hydrogen-bond donors (Lipinski definition) is 0. The van der Waals surface area contributed by atoms with Crippen LogP contribution in [-0.4, -0.2) is 43.0 Å². The Bertz CT molecular complexity index is 749. The van der Waals surface area contributed by atoms with Crippen LogP contribution in [-0.2, 0) is 16.5 Å². The lowest BCUT2D eigenvalue weighted by Crippen LogP contribution is -2.69. The molecule has 0 bridgehead atoms. The van der Waals surface area contributed by atoms with E-state index >= 15 is 0 Å². The van der Waals surface area contributed by atoms with E-state index in [4.69, 9.17) is 16.5 Å². The highest BCUT2D eigenvalue weighted by Crippen LogP contribution is 2.21. The molecule has 2 aromatic carbocycles. The van der Waals surface area contributed by atoms with Crippen molar-refractivity contribution < 1.29 is 16.5 Å². The van der Waals surface area contributed by atoms with Crippen LogP contribution < -0.4 is 10.4 Å². The predicted molar refractivity (Wildman–Crippen MR) is 139 cm³/mol. The fourth-order valence-electron chi connectivity index (χ4n) is 3.61. The van der Waals surface area contributed by atoms with Crippen molar-refractivity contribution in [1.82, 2.24) is 0 Å². The van der Waals surface area contributed by atoms with Gasteiger partial charge in [-0.3, -0.25) is 0 Å². The van der Waals surface area contributed by atoms with Crippen molar-refractivity contribution in [3.05, 3.63) is 60.7 Å². The van der Waals surface area contributed by atoms with E-state index in [1.165, 1.54) is 0 Å². The van der Waals surface area contributed by atoms with E-state index in [1.54, 1.807) is 0 Å². The molecule has 0 amide bonds. The summed E-state index contributed by atoms with van der Waals surface area (Å²) in [7, 11) is -10.9. The first-order valence-corrected chi connectivity index (χ1v) is 24.1. The maximum absolute atomic E-state index is 6.98. The number of benzene rings is 2. The molecule has 0 N–H and O–H groups in total. The minimum absolute atomic E-state index is 1.13. The lowest BCUT2D eigenvalue weighted by Gasteiger charge is -2.40. The van der Waals surface area contributed by atoms with Gasteiger partial charge in [-0.15, -0.1) is 0 Å². The van der Waals surface area contributed by atoms with E-state index < -0.39 is 43.0 Å². The molecule has 0 aromatic heterocycles. The van der Waals surface area contributed by atoms with E-state index in [2.05, 4.69) is 107 Å². The Morgan fingerprint density at radius 3 is 1.33 bits per heavy atom. The maximum atomic E-state index is 6.98. The zero-order valence-corrected chi connectivity index (χ0v) is 25.1. The minimum atomic E-state index is -2.93. The molecule has 0 saturated heterocycles. The van der Waals surface area contributed by atoms with Crippen LogP contribution in [0.4, 0.5) is 0 Å². The van der Waals surface area contributed by atoms with Crippen LogP contribution >= 0.6 is 0 Å². The highest BCUT2D eigenvalue weighted by molar-refractivity contribution is 7.00. The summed E-state index contributed by atoms with van der Waals surface area (Å²) in [4.78, 5) is 0. The fourth-order valence-corrected chi connectivity index (χ4v) is 23.5. The second kappa shape index (κ2) is 9.88. The van der Waals surface area contributed by atoms with Crippen molar-refractivity contribution in [2.24, 2.45) is 0 Å². The van der Waals surface area contributed by atoms with Crippen LogP contribution in [0.15, 0.2) is 60.7 Å². The Morgan fingerprint density at radius 2 is 0.967 bits per heavy atom. The van der Waals surface area contributed by atoms with E-state index in [1.807, 2.05) is 12.1 Å². The van der Waals surface area contributed by atoms with Gasteiger partial charge in [-0.2, -0.15) is 0 Å². The Kier molecular flexibility index (Phi) is 8.44. The SMILES string of the molecule is C[SiH](O[Si](C)(C)O[Si](C)(C)C)O[Si](O[Si](C)(C)C)(c1ccccc1)c1ccccc1. The third-order valence-electron chi connectivity index (χ3n) is 4.09. The first-order valence-electron chi connectivity index (χ1n) is 10.6. The minimum Gasteiger partial charge on any atom is -0.437 e. The molecule has 0 heterocycles. The van der Waals surface area contributed by atoms with Crippen LogP contribution in [0.1, 0.15) is 0 Å². The second-order valence-electron chi connectivity index (χ2n) is 9.98. The van der Waals surface area contributed by atoms with Gasteiger partial charge in [0.2, 0.25) is 0 Å². The van der Waals surface area contributed by atoms with E-state index in [0.717, 1.165) is 10.4 Å². The van der Waals surface area contributed by atoms with Crippen LogP contribution in [0.5, 0.6) is 0 Å². The molecule has 0 aliphatic heterocycles. The van der Waals surface area contributed by atoms with Gasteiger partial charge in [0, 0.05) is 0 Å². The summed E-state index contributed by atoms with van der Waals surface area (Å²) in [5, 5.41) is 2.26. The molecule has 1 atom stereocenters. The summed E-state index contributed by atoms with van der Waals surface area (Å²) < 4.78 is 26.9. The molecule has 4 nitrogen and oxygen atoms in total. The van der Waals surface area contributed by atoms with Crippen molar-refractivity contribution in [2.75, 3.05) is 0 Å². The van der Waals surface area contributed by atoms with Crippen molar-refractivity contribution in [3.8, 4) is 0 Å². The topological polar surface area (TPSA) is 36.9 Å². The van der Waals surface area contributed by atoms with Crippen LogP contribution in [0.25, 0.3) is 0 Å². The molecule has 0 aliphatic carbocycles. The van der Waals surface area contributed by atoms with Gasteiger partial charge in [-0.05, 0) is 69.3 Å². The molecule has 0 aliphatic rings. The molecule has 1 unspecified atom stereocenters. The molecular formula is C21H38O4Si5. The second-order valence-corrected chi connectivity index (χ2v) is 28.3. The molecule has 0 fully saturated rings. The monoisotopic (exact) mass is 494 g/mol. The summed E-state index contributed by atoms with van der Waals surface area (Å²) in [6.45, 7) is 19.7. The molecule has 0 spiro atoms. The molecule has 2 aromatic rings. The molecular weight excluding hydrogens is 457 g/mol. The number of rotatable bonds is 10. The van der Waals surface area contributed by atoms with Crippen molar-refractivity contribution in [2.45, 2.75) is 58.9 Å². The van der Waals surface area contributed by atoms with Crippen molar-refractivity contribution in [3.63, 3.8) is 0 Å². The Morgan fingerprint density at radius 1 is 0.567 bits per heavy atom. The quantitative estimate of drug-likeness (QED) is 0.455. The van der Waals surface area contributed by atoms with Crippen LogP contribution in [0.3, 0.4) is 0 Å². The molecule has 166 valence electrons. The summed E-state index contributed by atoms with van der Waals surface area (Å²) in [6.07, 6.45) is 0. The highest BCUT2D eigenvalue weighted by Gasteiger charge is 2.48. The van der Waals surface area contributed by atoms with Crippen LogP contribution in [0.2, 0.25) is 58.9 Å². The number of hydrogen-bond acceptors (Lipinski definition) is 4. The first kappa shape index (κ1) is 25.6. The lowest BCUT2D eigenvalue weighted by molar-refractivity contribution is 0.327. The summed E-state index contributed by atoms with van der Waals surface area (Å²) in [6, 6.07) is 20.9. The van der Waals surface area contributed by atoms with Crippen molar-refractivity contribution in [1.29, 1.82) is 0 Å². The molecule has 9 heteroatoms. The highest BCUT2D eigenvalue weighted by atomic mass is 28.5. The van der Waals surface area contributed by atoms with Crippen molar-refractivity contribution >= 4 is 53.4 Å². The van der Waals surface area contributed by atoms with E-state index in [0.29, 0.717) is 0 Å². The Balaban J connectivity index is 2.47. The van der Waals surface area contributed by atoms with Gasteiger partial charge in [0.05, 0.1) is 0 Å². The van der Waals surface area contributed by atoms with Gasteiger partial charge in [0.25, 0.3) is 0 Å². The standard InChI is InChI=1S/C21H38O4Si5/c1-26(22-29(8,9)24-27(2,3)4)23-30(25-28(5,6)7,20-16-12-10-13-17-20)21-18-14-11-15-19-21/h10-19,26H,1-9H3. The largest absolute Gasteiger partial charge is 0.437 e. The van der Waals surface area contributed by atoms with Gasteiger partial charge in [-0.25, -0.2) is 0 Å². The normalized spacial score (nSPS) is 14.6. The zero-order chi connectivity index (χ0) is 22.6. The zero-order valence-electron chi connectivity index (χ0n) is 20.0. The average molecular weight is 495 g/mol. The van der Waals surface area contributed by atoms with Gasteiger partial charge in [0.15, 0.2) is 16.6 Å². The first-order chi connectivity index (χ1) is 13.7.